The molecule has 0 aromatic heterocycles. The monoisotopic (exact) mass is 504 g/mol. The van der Waals surface area contributed by atoms with Crippen molar-refractivity contribution in [2.45, 2.75) is 27.7 Å². The van der Waals surface area contributed by atoms with Crippen LogP contribution in [0.2, 0.25) is 0 Å². The van der Waals surface area contributed by atoms with Gasteiger partial charge in [-0.1, -0.05) is 36.4 Å². The van der Waals surface area contributed by atoms with E-state index in [2.05, 4.69) is 0 Å². The van der Waals surface area contributed by atoms with Crippen LogP contribution in [0.1, 0.15) is 22.3 Å². The van der Waals surface area contributed by atoms with Crippen LogP contribution < -0.4 is 9.05 Å². The summed E-state index contributed by atoms with van der Waals surface area (Å²) in [7, 11) is -9.96. The summed E-state index contributed by atoms with van der Waals surface area (Å²) in [6.45, 7) is 3.77. The molecule has 184 valence electrons. The minimum Gasteiger partial charge on any atom is -0.403 e. The van der Waals surface area contributed by atoms with E-state index < -0.39 is 47.5 Å². The molecule has 0 spiro atoms. The minimum atomic E-state index is -5.07. The van der Waals surface area contributed by atoms with Crippen LogP contribution in [0.15, 0.2) is 36.4 Å². The summed E-state index contributed by atoms with van der Waals surface area (Å²) in [5.74, 6) is 0.160. The van der Waals surface area contributed by atoms with Gasteiger partial charge in [-0.05, 0) is 49.9 Å². The molecule has 2 atom stereocenters. The van der Waals surface area contributed by atoms with Crippen LogP contribution in [0.25, 0.3) is 0 Å². The quantitative estimate of drug-likeness (QED) is 0.316. The molecule has 0 amide bonds. The Bertz CT molecular complexity index is 1000. The summed E-state index contributed by atoms with van der Waals surface area (Å²) in [6.07, 6.45) is 0. The van der Waals surface area contributed by atoms with Crippen LogP contribution in [0.4, 0.5) is 0 Å². The Labute approximate surface area is 193 Å². The third-order valence-corrected chi connectivity index (χ3v) is 7.86. The van der Waals surface area contributed by atoms with Crippen molar-refractivity contribution < 1.29 is 47.2 Å². The highest BCUT2D eigenvalue weighted by Gasteiger charge is 2.44. The van der Waals surface area contributed by atoms with E-state index in [0.29, 0.717) is 22.3 Å². The van der Waals surface area contributed by atoms with Crippen LogP contribution in [0, 0.1) is 33.1 Å². The van der Waals surface area contributed by atoms with Crippen LogP contribution >= 0.6 is 15.6 Å². The van der Waals surface area contributed by atoms with Crippen molar-refractivity contribution >= 4 is 15.6 Å². The minimum absolute atomic E-state index is 0.0670. The van der Waals surface area contributed by atoms with Crippen LogP contribution in [0.3, 0.4) is 0 Å². The highest BCUT2D eigenvalue weighted by molar-refractivity contribution is 7.62. The SMILES string of the molecule is Cc1cccc(C)c1OP(=O)(O)OP(=O)(OCC(CO)(CO)CO)Oc1c(C)cccc1C. The fourth-order valence-electron chi connectivity index (χ4n) is 2.83. The van der Waals surface area contributed by atoms with Crippen molar-refractivity contribution in [1.29, 1.82) is 0 Å². The Morgan fingerprint density at radius 2 is 1.15 bits per heavy atom. The predicted molar refractivity (Wildman–Crippen MR) is 121 cm³/mol. The topological polar surface area (TPSA) is 152 Å². The molecule has 0 bridgehead atoms. The van der Waals surface area contributed by atoms with Gasteiger partial charge in [-0.15, -0.1) is 0 Å². The molecule has 2 unspecified atom stereocenters. The first-order valence-corrected chi connectivity index (χ1v) is 13.0. The maximum atomic E-state index is 13.5. The van der Waals surface area contributed by atoms with Gasteiger partial charge in [-0.25, -0.2) is 9.13 Å². The zero-order chi connectivity index (χ0) is 24.9. The highest BCUT2D eigenvalue weighted by atomic mass is 31.3. The zero-order valence-electron chi connectivity index (χ0n) is 18.9. The van der Waals surface area contributed by atoms with Gasteiger partial charge in [0.15, 0.2) is 0 Å². The lowest BCUT2D eigenvalue weighted by Crippen LogP contribution is -2.38. The summed E-state index contributed by atoms with van der Waals surface area (Å²) in [6, 6.07) is 10.1. The van der Waals surface area contributed by atoms with Crippen LogP contribution in [-0.4, -0.2) is 46.6 Å². The lowest BCUT2D eigenvalue weighted by atomic mass is 9.93. The first-order valence-electron chi connectivity index (χ1n) is 10.0. The summed E-state index contributed by atoms with van der Waals surface area (Å²) < 4.78 is 47.2. The number of phosphoric acid groups is 2. The van der Waals surface area contributed by atoms with Gasteiger partial charge in [0, 0.05) is 0 Å². The van der Waals surface area contributed by atoms with E-state index in [-0.39, 0.29) is 11.5 Å². The molecule has 0 saturated heterocycles. The molecule has 2 aromatic carbocycles. The maximum Gasteiger partial charge on any atom is 0.539 e. The second-order valence-electron chi connectivity index (χ2n) is 7.87. The third-order valence-electron chi connectivity index (χ3n) is 4.97. The smallest absolute Gasteiger partial charge is 0.403 e. The molecule has 0 aliphatic heterocycles. The average molecular weight is 504 g/mol. The number of aliphatic hydroxyl groups excluding tert-OH is 3. The molecule has 33 heavy (non-hydrogen) atoms. The Balaban J connectivity index is 2.40. The third kappa shape index (κ3) is 7.12. The molecule has 2 aromatic rings. The summed E-state index contributed by atoms with van der Waals surface area (Å²) >= 11 is 0. The van der Waals surface area contributed by atoms with E-state index in [1.54, 1.807) is 64.1 Å². The highest BCUT2D eigenvalue weighted by Crippen LogP contribution is 2.64. The number of benzene rings is 2. The fourth-order valence-corrected chi connectivity index (χ4v) is 5.81. The number of hydrogen-bond acceptors (Lipinski definition) is 9. The molecule has 0 fully saturated rings. The van der Waals surface area contributed by atoms with Crippen molar-refractivity contribution in [2.24, 2.45) is 5.41 Å². The van der Waals surface area contributed by atoms with Gasteiger partial charge < -0.3 is 24.4 Å². The van der Waals surface area contributed by atoms with Crippen molar-refractivity contribution in [3.05, 3.63) is 58.7 Å². The zero-order valence-corrected chi connectivity index (χ0v) is 20.7. The standard InChI is InChI=1S/C21H30O10P2/c1-15-7-5-8-16(2)19(15)29-32(25,26)31-33(27,28-14-21(11-22,12-23)13-24)30-20-17(3)9-6-10-18(20)4/h5-10,22-24H,11-14H2,1-4H3,(H,25,26). The molecule has 12 heteroatoms. The number of para-hydroxylation sites is 2. The van der Waals surface area contributed by atoms with E-state index >= 15 is 0 Å². The van der Waals surface area contributed by atoms with Gasteiger partial charge >= 0.3 is 15.6 Å². The van der Waals surface area contributed by atoms with Crippen molar-refractivity contribution in [2.75, 3.05) is 26.4 Å². The second-order valence-corrected chi connectivity index (χ2v) is 11.0. The van der Waals surface area contributed by atoms with Gasteiger partial charge in [0.05, 0.1) is 31.8 Å². The molecule has 4 N–H and O–H groups in total. The molecular formula is C21H30O10P2. The fraction of sp³-hybridized carbons (Fsp3) is 0.429. The first kappa shape index (κ1) is 27.5. The number of hydrogen-bond donors (Lipinski definition) is 4. The number of aryl methyl sites for hydroxylation is 4. The molecule has 0 radical (unpaired) electrons. The van der Waals surface area contributed by atoms with Gasteiger partial charge in [-0.3, -0.25) is 9.42 Å². The van der Waals surface area contributed by atoms with E-state index in [1.807, 2.05) is 0 Å². The van der Waals surface area contributed by atoms with Gasteiger partial charge in [-0.2, -0.15) is 4.31 Å². The summed E-state index contributed by atoms with van der Waals surface area (Å²) in [4.78, 5) is 10.4. The molecule has 0 aliphatic rings. The Morgan fingerprint density at radius 3 is 1.55 bits per heavy atom. The first-order chi connectivity index (χ1) is 15.4. The van der Waals surface area contributed by atoms with E-state index in [9.17, 15) is 29.3 Å². The predicted octanol–water partition coefficient (Wildman–Crippen LogP) is 3.58. The second kappa shape index (κ2) is 11.1. The van der Waals surface area contributed by atoms with Gasteiger partial charge in [0.25, 0.3) is 0 Å². The van der Waals surface area contributed by atoms with E-state index in [0.717, 1.165) is 0 Å². The van der Waals surface area contributed by atoms with Crippen LogP contribution in [0.5, 0.6) is 11.5 Å². The van der Waals surface area contributed by atoms with Gasteiger partial charge in [0.1, 0.15) is 11.5 Å². The molecule has 0 heterocycles. The average Bonchev–Trinajstić information content (AvgIpc) is 2.75. The number of phosphoric ester groups is 2. The molecular weight excluding hydrogens is 474 g/mol. The maximum absolute atomic E-state index is 13.5. The van der Waals surface area contributed by atoms with Crippen molar-refractivity contribution in [1.82, 2.24) is 0 Å². The Hall–Kier alpha value is -1.74. The van der Waals surface area contributed by atoms with Crippen molar-refractivity contribution in [3.63, 3.8) is 0 Å². The largest absolute Gasteiger partial charge is 0.539 e. The normalized spacial score (nSPS) is 15.5. The van der Waals surface area contributed by atoms with E-state index in [1.165, 1.54) is 0 Å². The Morgan fingerprint density at radius 1 is 0.758 bits per heavy atom. The number of rotatable bonds is 12. The Kier molecular flexibility index (Phi) is 9.27. The van der Waals surface area contributed by atoms with Crippen LogP contribution in [-0.2, 0) is 18.0 Å². The van der Waals surface area contributed by atoms with Crippen molar-refractivity contribution in [3.8, 4) is 11.5 Å². The lowest BCUT2D eigenvalue weighted by Gasteiger charge is -2.29. The van der Waals surface area contributed by atoms with Gasteiger partial charge in [0.2, 0.25) is 0 Å². The lowest BCUT2D eigenvalue weighted by molar-refractivity contribution is -0.0311. The number of aliphatic hydroxyl groups is 3. The molecule has 0 saturated carbocycles. The molecule has 2 rings (SSSR count). The molecule has 0 aliphatic carbocycles. The summed E-state index contributed by atoms with van der Waals surface area (Å²) in [5.41, 5.74) is 0.571. The molecule has 10 nitrogen and oxygen atoms in total. The van der Waals surface area contributed by atoms with E-state index in [4.69, 9.17) is 17.9 Å². The summed E-state index contributed by atoms with van der Waals surface area (Å²) in [5, 5.41) is 28.6.